The summed E-state index contributed by atoms with van der Waals surface area (Å²) >= 11 is 3.35. The van der Waals surface area contributed by atoms with Gasteiger partial charge in [0, 0.05) is 42.5 Å². The molecule has 2 fully saturated rings. The van der Waals surface area contributed by atoms with Gasteiger partial charge in [-0.15, -0.1) is 0 Å². The van der Waals surface area contributed by atoms with E-state index in [1.54, 1.807) is 17.0 Å². The van der Waals surface area contributed by atoms with Gasteiger partial charge in [-0.1, -0.05) is 28.1 Å². The zero-order chi connectivity index (χ0) is 18.5. The fourth-order valence-corrected chi connectivity index (χ4v) is 4.04. The average Bonchev–Trinajstić information content (AvgIpc) is 3.20. The van der Waals surface area contributed by atoms with Crippen molar-refractivity contribution in [3.05, 3.63) is 34.3 Å². The van der Waals surface area contributed by atoms with Gasteiger partial charge in [-0.3, -0.25) is 14.4 Å². The first kappa shape index (κ1) is 19.1. The Kier molecular flexibility index (Phi) is 6.46. The molecule has 2 amide bonds. The Morgan fingerprint density at radius 1 is 0.923 bits per heavy atom. The maximum absolute atomic E-state index is 12.8. The Balaban J connectivity index is 1.58. The summed E-state index contributed by atoms with van der Waals surface area (Å²) in [5.74, 6) is -0.0206. The van der Waals surface area contributed by atoms with E-state index in [1.165, 1.54) is 0 Å². The summed E-state index contributed by atoms with van der Waals surface area (Å²) in [6, 6.07) is 6.83. The van der Waals surface area contributed by atoms with E-state index in [9.17, 15) is 14.4 Å². The van der Waals surface area contributed by atoms with E-state index in [0.29, 0.717) is 12.1 Å². The number of halogens is 1. The van der Waals surface area contributed by atoms with E-state index < -0.39 is 0 Å². The number of hydrogen-bond acceptors (Lipinski definition) is 3. The van der Waals surface area contributed by atoms with Crippen LogP contribution in [-0.4, -0.2) is 53.1 Å². The number of hydrogen-bond donors (Lipinski definition) is 0. The van der Waals surface area contributed by atoms with Crippen LogP contribution in [0.4, 0.5) is 0 Å². The molecular weight excluding hydrogens is 396 g/mol. The number of ketones is 1. The molecule has 0 saturated carbocycles. The molecule has 0 aromatic heterocycles. The molecule has 0 bridgehead atoms. The third-order valence-corrected chi connectivity index (χ3v) is 5.79. The lowest BCUT2D eigenvalue weighted by molar-refractivity contribution is -0.147. The molecule has 0 unspecified atom stereocenters. The molecule has 140 valence electrons. The van der Waals surface area contributed by atoms with Crippen LogP contribution in [-0.2, 0) is 9.59 Å². The van der Waals surface area contributed by atoms with Gasteiger partial charge in [0.25, 0.3) is 0 Å². The van der Waals surface area contributed by atoms with E-state index in [-0.39, 0.29) is 36.5 Å². The zero-order valence-electron chi connectivity index (χ0n) is 15.0. The summed E-state index contributed by atoms with van der Waals surface area (Å²) in [6.07, 6.45) is 5.09. The number of likely N-dealkylation sites (tertiary alicyclic amines) is 2. The molecule has 2 aliphatic rings. The molecule has 0 radical (unpaired) electrons. The average molecular weight is 421 g/mol. The van der Waals surface area contributed by atoms with Gasteiger partial charge < -0.3 is 9.80 Å². The molecule has 2 aliphatic heterocycles. The molecule has 2 heterocycles. The molecule has 0 aliphatic carbocycles. The van der Waals surface area contributed by atoms with Crippen LogP contribution in [0.5, 0.6) is 0 Å². The number of benzene rings is 1. The Labute approximate surface area is 162 Å². The molecule has 3 rings (SSSR count). The molecule has 0 N–H and O–H groups in total. The second-order valence-corrected chi connectivity index (χ2v) is 7.98. The third kappa shape index (κ3) is 4.53. The van der Waals surface area contributed by atoms with Crippen molar-refractivity contribution >= 4 is 33.5 Å². The number of carbonyl (C=O) groups is 3. The Hall–Kier alpha value is -1.69. The van der Waals surface area contributed by atoms with E-state index in [2.05, 4.69) is 15.9 Å². The molecule has 0 spiro atoms. The molecule has 2 saturated heterocycles. The number of nitrogens with zero attached hydrogens (tertiary/aromatic N) is 2. The summed E-state index contributed by atoms with van der Waals surface area (Å²) in [4.78, 5) is 41.4. The van der Waals surface area contributed by atoms with Gasteiger partial charge in [0.05, 0.1) is 0 Å². The first-order valence-electron chi connectivity index (χ1n) is 9.43. The molecule has 1 atom stereocenters. The predicted octanol–water partition coefficient (Wildman–Crippen LogP) is 3.42. The standard InChI is InChI=1S/C20H25BrN2O3/c21-16-8-6-15(7-9-16)18(24)10-11-19(25)23-14-2-1-5-17(23)20(26)22-12-3-4-13-22/h6-9,17H,1-5,10-14H2/t17-/m0/s1. The van der Waals surface area contributed by atoms with Crippen LogP contribution in [0.1, 0.15) is 55.3 Å². The highest BCUT2D eigenvalue weighted by Crippen LogP contribution is 2.22. The van der Waals surface area contributed by atoms with Crippen molar-refractivity contribution in [3.8, 4) is 0 Å². The number of amides is 2. The lowest BCUT2D eigenvalue weighted by Crippen LogP contribution is -2.52. The van der Waals surface area contributed by atoms with Crippen LogP contribution in [0.25, 0.3) is 0 Å². The van der Waals surface area contributed by atoms with Crippen LogP contribution in [0.15, 0.2) is 28.7 Å². The van der Waals surface area contributed by atoms with Crippen LogP contribution >= 0.6 is 15.9 Å². The van der Waals surface area contributed by atoms with Crippen molar-refractivity contribution in [2.45, 2.75) is 51.0 Å². The smallest absolute Gasteiger partial charge is 0.245 e. The van der Waals surface area contributed by atoms with Gasteiger partial charge in [0.15, 0.2) is 5.78 Å². The molecule has 5 nitrogen and oxygen atoms in total. The summed E-state index contributed by atoms with van der Waals surface area (Å²) in [5.41, 5.74) is 0.615. The van der Waals surface area contributed by atoms with Gasteiger partial charge in [0.1, 0.15) is 6.04 Å². The Morgan fingerprint density at radius 3 is 2.27 bits per heavy atom. The molecule has 1 aromatic rings. The van der Waals surface area contributed by atoms with E-state index in [4.69, 9.17) is 0 Å². The molecular formula is C20H25BrN2O3. The first-order valence-corrected chi connectivity index (χ1v) is 10.2. The maximum Gasteiger partial charge on any atom is 0.245 e. The van der Waals surface area contributed by atoms with Crippen LogP contribution < -0.4 is 0 Å². The normalized spacial score (nSPS) is 20.3. The van der Waals surface area contributed by atoms with Crippen LogP contribution in [0, 0.1) is 0 Å². The monoisotopic (exact) mass is 420 g/mol. The molecule has 6 heteroatoms. The number of Topliss-reactive ketones (excluding diaryl/α,β-unsaturated/α-hetero) is 1. The van der Waals surface area contributed by atoms with Crippen molar-refractivity contribution < 1.29 is 14.4 Å². The maximum atomic E-state index is 12.8. The van der Waals surface area contributed by atoms with Crippen molar-refractivity contribution in [1.29, 1.82) is 0 Å². The molecule has 1 aromatic carbocycles. The van der Waals surface area contributed by atoms with Crippen LogP contribution in [0.2, 0.25) is 0 Å². The van der Waals surface area contributed by atoms with Crippen molar-refractivity contribution in [3.63, 3.8) is 0 Å². The van der Waals surface area contributed by atoms with Crippen molar-refractivity contribution in [1.82, 2.24) is 9.80 Å². The van der Waals surface area contributed by atoms with Crippen LogP contribution in [0.3, 0.4) is 0 Å². The van der Waals surface area contributed by atoms with Crippen molar-refractivity contribution in [2.24, 2.45) is 0 Å². The van der Waals surface area contributed by atoms with Gasteiger partial charge in [0.2, 0.25) is 11.8 Å². The highest BCUT2D eigenvalue weighted by molar-refractivity contribution is 9.10. The van der Waals surface area contributed by atoms with Gasteiger partial charge >= 0.3 is 0 Å². The fourth-order valence-electron chi connectivity index (χ4n) is 3.78. The second kappa shape index (κ2) is 8.80. The van der Waals surface area contributed by atoms with Gasteiger partial charge in [-0.05, 0) is 44.2 Å². The SMILES string of the molecule is O=C(CCC(=O)N1CCCC[C@H]1C(=O)N1CCCC1)c1ccc(Br)cc1. The minimum absolute atomic E-state index is 0.0368. The lowest BCUT2D eigenvalue weighted by Gasteiger charge is -2.36. The predicted molar refractivity (Wildman–Crippen MR) is 103 cm³/mol. The first-order chi connectivity index (χ1) is 12.6. The number of rotatable bonds is 5. The number of carbonyl (C=O) groups excluding carboxylic acids is 3. The second-order valence-electron chi connectivity index (χ2n) is 7.06. The van der Waals surface area contributed by atoms with E-state index >= 15 is 0 Å². The summed E-state index contributed by atoms with van der Waals surface area (Å²) in [6.45, 7) is 2.23. The van der Waals surface area contributed by atoms with Gasteiger partial charge in [-0.2, -0.15) is 0 Å². The highest BCUT2D eigenvalue weighted by Gasteiger charge is 2.35. The minimum atomic E-state index is -0.336. The van der Waals surface area contributed by atoms with E-state index in [1.807, 2.05) is 17.0 Å². The fraction of sp³-hybridized carbons (Fsp3) is 0.550. The number of piperidine rings is 1. The summed E-state index contributed by atoms with van der Waals surface area (Å²) < 4.78 is 0.918. The van der Waals surface area contributed by atoms with Crippen molar-refractivity contribution in [2.75, 3.05) is 19.6 Å². The largest absolute Gasteiger partial charge is 0.341 e. The van der Waals surface area contributed by atoms with Gasteiger partial charge in [-0.25, -0.2) is 0 Å². The third-order valence-electron chi connectivity index (χ3n) is 5.26. The highest BCUT2D eigenvalue weighted by atomic mass is 79.9. The topological polar surface area (TPSA) is 57.7 Å². The minimum Gasteiger partial charge on any atom is -0.341 e. The Morgan fingerprint density at radius 2 is 1.58 bits per heavy atom. The zero-order valence-corrected chi connectivity index (χ0v) is 16.5. The summed E-state index contributed by atoms with van der Waals surface area (Å²) in [5, 5.41) is 0. The molecule has 26 heavy (non-hydrogen) atoms. The lowest BCUT2D eigenvalue weighted by atomic mass is 9.99. The Bertz CT molecular complexity index is 668. The summed E-state index contributed by atoms with van der Waals surface area (Å²) in [7, 11) is 0. The van der Waals surface area contributed by atoms with E-state index in [0.717, 1.165) is 49.7 Å². The quantitative estimate of drug-likeness (QED) is 0.685.